The molecule has 0 saturated heterocycles. The molecule has 264 valence electrons. The van der Waals surface area contributed by atoms with Crippen LogP contribution in [0.3, 0.4) is 0 Å². The number of fused-ring (bicyclic) bond motifs is 3. The average Bonchev–Trinajstić information content (AvgIpc) is 3.67. The van der Waals surface area contributed by atoms with Crippen molar-refractivity contribution in [2.24, 2.45) is 0 Å². The number of nitrogens with zero attached hydrogens (tertiary/aromatic N) is 1. The van der Waals surface area contributed by atoms with Gasteiger partial charge in [0, 0.05) is 31.4 Å². The molecule has 1 nitrogen and oxygen atoms in total. The Bertz CT molecular complexity index is 2930. The Balaban J connectivity index is 1.21. The van der Waals surface area contributed by atoms with Gasteiger partial charge in [0.1, 0.15) is 0 Å². The van der Waals surface area contributed by atoms with E-state index in [1.54, 1.807) is 0 Å². The maximum atomic E-state index is 2.49. The molecule has 0 atom stereocenters. The molecule has 0 amide bonds. The normalized spacial score (nSPS) is 11.2. The Kier molecular flexibility index (Phi) is 8.79. The van der Waals surface area contributed by atoms with E-state index in [9.17, 15) is 0 Å². The summed E-state index contributed by atoms with van der Waals surface area (Å²) in [6, 6.07) is 81.4. The first-order chi connectivity index (χ1) is 27.8. The number of hydrogen-bond donors (Lipinski definition) is 0. The van der Waals surface area contributed by atoms with Crippen LogP contribution in [0.1, 0.15) is 0 Å². The van der Waals surface area contributed by atoms with Gasteiger partial charge in [0.25, 0.3) is 0 Å². The maximum absolute atomic E-state index is 2.49. The minimum absolute atomic E-state index is 1.10. The molecule has 0 aliphatic rings. The molecule has 0 aliphatic carbocycles. The van der Waals surface area contributed by atoms with Crippen LogP contribution in [-0.4, -0.2) is 0 Å². The Labute approximate surface area is 332 Å². The smallest absolute Gasteiger partial charge is 0.0555 e. The summed E-state index contributed by atoms with van der Waals surface area (Å²) >= 11 is 1.86. The molecule has 10 rings (SSSR count). The fourth-order valence-corrected chi connectivity index (χ4v) is 9.20. The molecule has 0 N–H and O–H groups in total. The topological polar surface area (TPSA) is 3.24 Å². The molecule has 9 aromatic carbocycles. The zero-order chi connectivity index (χ0) is 37.3. The van der Waals surface area contributed by atoms with Gasteiger partial charge in [0.2, 0.25) is 0 Å². The van der Waals surface area contributed by atoms with Crippen molar-refractivity contribution in [3.63, 3.8) is 0 Å². The average molecular weight is 732 g/mol. The van der Waals surface area contributed by atoms with Crippen LogP contribution in [0.2, 0.25) is 0 Å². The number of rotatable bonds is 8. The van der Waals surface area contributed by atoms with E-state index in [4.69, 9.17) is 0 Å². The summed E-state index contributed by atoms with van der Waals surface area (Å²) in [7, 11) is 0. The first-order valence-corrected chi connectivity index (χ1v) is 19.9. The van der Waals surface area contributed by atoms with E-state index in [-0.39, 0.29) is 0 Å². The lowest BCUT2D eigenvalue weighted by Gasteiger charge is -2.30. The first-order valence-electron chi connectivity index (χ1n) is 19.1. The van der Waals surface area contributed by atoms with Gasteiger partial charge >= 0.3 is 0 Å². The van der Waals surface area contributed by atoms with Crippen LogP contribution in [0, 0.1) is 0 Å². The van der Waals surface area contributed by atoms with Crippen molar-refractivity contribution in [1.82, 2.24) is 0 Å². The molecule has 56 heavy (non-hydrogen) atoms. The van der Waals surface area contributed by atoms with Gasteiger partial charge in [-0.05, 0) is 86.5 Å². The zero-order valence-electron chi connectivity index (χ0n) is 30.7. The molecule has 1 heterocycles. The van der Waals surface area contributed by atoms with E-state index < -0.39 is 0 Å². The monoisotopic (exact) mass is 731 g/mol. The number of anilines is 3. The summed E-state index contributed by atoms with van der Waals surface area (Å²) in [5, 5.41) is 2.54. The molecule has 1 aromatic heterocycles. The van der Waals surface area contributed by atoms with E-state index in [0.717, 1.165) is 17.1 Å². The SMILES string of the molecule is c1ccc(-c2ccc(-c3ccc(N(c4cccc(-c5ccccc5)c4-c4ccccc4-c4ccccc4)c4cccc5sc6ccccc6c45)cc3)cc2)cc1. The van der Waals surface area contributed by atoms with Gasteiger partial charge in [-0.15, -0.1) is 11.3 Å². The van der Waals surface area contributed by atoms with Crippen molar-refractivity contribution >= 4 is 48.6 Å². The lowest BCUT2D eigenvalue weighted by molar-refractivity contribution is 1.30. The second-order valence-electron chi connectivity index (χ2n) is 14.1. The van der Waals surface area contributed by atoms with Gasteiger partial charge in [-0.25, -0.2) is 0 Å². The predicted octanol–water partition coefficient (Wildman–Crippen LogP) is 15.9. The molecule has 10 aromatic rings. The minimum atomic E-state index is 1.10. The van der Waals surface area contributed by atoms with Gasteiger partial charge in [-0.2, -0.15) is 0 Å². The standard InChI is InChI=1S/C54H37NS/c1-4-16-38(17-5-1)39-30-32-40(33-31-39)41-34-36-44(37-35-41)55(50-27-15-29-52-54(50)48-24-12-13-28-51(48)56-52)49-26-14-25-46(43-20-8-3-9-21-43)53(49)47-23-11-10-22-45(47)42-18-6-2-7-19-42/h1-37H. The molecule has 0 aliphatic heterocycles. The predicted molar refractivity (Wildman–Crippen MR) is 241 cm³/mol. The largest absolute Gasteiger partial charge is 0.309 e. The highest BCUT2D eigenvalue weighted by atomic mass is 32.1. The fourth-order valence-electron chi connectivity index (χ4n) is 8.08. The second kappa shape index (κ2) is 14.7. The van der Waals surface area contributed by atoms with E-state index >= 15 is 0 Å². The zero-order valence-corrected chi connectivity index (χ0v) is 31.5. The number of benzene rings is 9. The van der Waals surface area contributed by atoms with E-state index in [1.165, 1.54) is 75.8 Å². The van der Waals surface area contributed by atoms with E-state index in [2.05, 4.69) is 229 Å². The fraction of sp³-hybridized carbons (Fsp3) is 0. The van der Waals surface area contributed by atoms with E-state index in [1.807, 2.05) is 11.3 Å². The third-order valence-electron chi connectivity index (χ3n) is 10.7. The molecular formula is C54H37NS. The lowest BCUT2D eigenvalue weighted by atomic mass is 9.87. The van der Waals surface area contributed by atoms with Crippen LogP contribution in [0.25, 0.3) is 75.8 Å². The Morgan fingerprint density at radius 3 is 1.39 bits per heavy atom. The number of hydrogen-bond acceptors (Lipinski definition) is 2. The molecule has 0 fully saturated rings. The van der Waals surface area contributed by atoms with E-state index in [0.29, 0.717) is 0 Å². The van der Waals surface area contributed by atoms with Crippen molar-refractivity contribution < 1.29 is 0 Å². The van der Waals surface area contributed by atoms with Crippen LogP contribution in [0.5, 0.6) is 0 Å². The number of thiophene rings is 1. The van der Waals surface area contributed by atoms with Crippen molar-refractivity contribution in [1.29, 1.82) is 0 Å². The quantitative estimate of drug-likeness (QED) is 0.150. The van der Waals surface area contributed by atoms with Gasteiger partial charge in [-0.3, -0.25) is 0 Å². The highest BCUT2D eigenvalue weighted by Crippen LogP contribution is 2.51. The molecule has 2 heteroatoms. The third kappa shape index (κ3) is 6.17. The highest BCUT2D eigenvalue weighted by Gasteiger charge is 2.25. The summed E-state index contributed by atoms with van der Waals surface area (Å²) in [6.07, 6.45) is 0. The summed E-state index contributed by atoms with van der Waals surface area (Å²) < 4.78 is 2.56. The summed E-state index contributed by atoms with van der Waals surface area (Å²) in [4.78, 5) is 2.49. The first kappa shape index (κ1) is 33.6. The van der Waals surface area contributed by atoms with Crippen LogP contribution in [0.15, 0.2) is 224 Å². The molecule has 0 bridgehead atoms. The molecule has 0 saturated carbocycles. The van der Waals surface area contributed by atoms with Crippen LogP contribution in [-0.2, 0) is 0 Å². The molecule has 0 unspecified atom stereocenters. The van der Waals surface area contributed by atoms with Crippen molar-refractivity contribution in [3.8, 4) is 55.6 Å². The van der Waals surface area contributed by atoms with Crippen molar-refractivity contribution in [3.05, 3.63) is 224 Å². The molecular weight excluding hydrogens is 695 g/mol. The summed E-state index contributed by atoms with van der Waals surface area (Å²) in [5.74, 6) is 0. The Hall–Kier alpha value is -7.00. The van der Waals surface area contributed by atoms with Crippen molar-refractivity contribution in [2.45, 2.75) is 0 Å². The molecule has 0 radical (unpaired) electrons. The highest BCUT2D eigenvalue weighted by molar-refractivity contribution is 7.26. The lowest BCUT2D eigenvalue weighted by Crippen LogP contribution is -2.12. The van der Waals surface area contributed by atoms with Crippen LogP contribution in [0.4, 0.5) is 17.1 Å². The minimum Gasteiger partial charge on any atom is -0.309 e. The van der Waals surface area contributed by atoms with Gasteiger partial charge < -0.3 is 4.90 Å². The second-order valence-corrected chi connectivity index (χ2v) is 15.1. The Morgan fingerprint density at radius 1 is 0.286 bits per heavy atom. The summed E-state index contributed by atoms with van der Waals surface area (Å²) in [5.41, 5.74) is 15.3. The molecule has 0 spiro atoms. The third-order valence-corrected chi connectivity index (χ3v) is 11.9. The maximum Gasteiger partial charge on any atom is 0.0555 e. The van der Waals surface area contributed by atoms with Crippen LogP contribution >= 0.6 is 11.3 Å². The van der Waals surface area contributed by atoms with Crippen LogP contribution < -0.4 is 4.90 Å². The van der Waals surface area contributed by atoms with Crippen molar-refractivity contribution in [2.75, 3.05) is 4.90 Å². The van der Waals surface area contributed by atoms with Gasteiger partial charge in [-0.1, -0.05) is 188 Å². The Morgan fingerprint density at radius 2 is 0.732 bits per heavy atom. The van der Waals surface area contributed by atoms with Gasteiger partial charge in [0.05, 0.1) is 11.4 Å². The summed E-state index contributed by atoms with van der Waals surface area (Å²) in [6.45, 7) is 0. The van der Waals surface area contributed by atoms with Gasteiger partial charge in [0.15, 0.2) is 0 Å².